The molecular weight excluding hydrogens is 404 g/mol. The van der Waals surface area contributed by atoms with Crippen molar-refractivity contribution in [3.05, 3.63) is 65.6 Å². The first kappa shape index (κ1) is 22.4. The standard InChI is InChI=1S/C25H32N4O3/c1-19-6-7-23-22(16-19)25(30)29(21(17-31-2)18-32-23)13-4-3-12-28-14-8-20(9-15-28)24-26-10-5-11-27-24/h5-7,10-11,16,18,20H,3-4,8-9,12-15,17H2,1-2H3. The average Bonchev–Trinajstić information content (AvgIpc) is 2.95. The molecule has 0 saturated carbocycles. The molecule has 1 aromatic carbocycles. The number of likely N-dealkylation sites (tertiary alicyclic amines) is 1. The molecule has 3 heterocycles. The molecule has 0 bridgehead atoms. The Balaban J connectivity index is 1.29. The van der Waals surface area contributed by atoms with E-state index in [-0.39, 0.29) is 5.91 Å². The molecule has 170 valence electrons. The summed E-state index contributed by atoms with van der Waals surface area (Å²) >= 11 is 0. The van der Waals surface area contributed by atoms with Crippen LogP contribution in [-0.4, -0.2) is 65.6 Å². The first-order chi connectivity index (χ1) is 15.7. The fraction of sp³-hybridized carbons (Fsp3) is 0.480. The van der Waals surface area contributed by atoms with E-state index < -0.39 is 0 Å². The molecular formula is C25H32N4O3. The third-order valence-electron chi connectivity index (χ3n) is 6.22. The van der Waals surface area contributed by atoms with Crippen LogP contribution >= 0.6 is 0 Å². The zero-order chi connectivity index (χ0) is 22.3. The van der Waals surface area contributed by atoms with Crippen molar-refractivity contribution in [2.45, 2.75) is 38.5 Å². The number of aryl methyl sites for hydroxylation is 1. The van der Waals surface area contributed by atoms with Gasteiger partial charge in [-0.15, -0.1) is 0 Å². The van der Waals surface area contributed by atoms with Gasteiger partial charge in [0.2, 0.25) is 0 Å². The summed E-state index contributed by atoms with van der Waals surface area (Å²) in [5.41, 5.74) is 2.41. The van der Waals surface area contributed by atoms with Crippen molar-refractivity contribution in [2.24, 2.45) is 0 Å². The van der Waals surface area contributed by atoms with Crippen molar-refractivity contribution in [2.75, 3.05) is 39.9 Å². The van der Waals surface area contributed by atoms with E-state index in [2.05, 4.69) is 14.9 Å². The third kappa shape index (κ3) is 5.34. The largest absolute Gasteiger partial charge is 0.462 e. The van der Waals surface area contributed by atoms with Crippen LogP contribution in [0.1, 0.15) is 53.3 Å². The Kier molecular flexibility index (Phi) is 7.50. The maximum absolute atomic E-state index is 13.3. The number of amides is 1. The third-order valence-corrected chi connectivity index (χ3v) is 6.22. The van der Waals surface area contributed by atoms with Crippen LogP contribution < -0.4 is 4.74 Å². The zero-order valence-electron chi connectivity index (χ0n) is 19.0. The van der Waals surface area contributed by atoms with Gasteiger partial charge in [0.15, 0.2) is 0 Å². The van der Waals surface area contributed by atoms with Gasteiger partial charge in [-0.25, -0.2) is 9.97 Å². The Morgan fingerprint density at radius 3 is 2.62 bits per heavy atom. The number of unbranched alkanes of at least 4 members (excludes halogenated alkanes) is 1. The lowest BCUT2D eigenvalue weighted by molar-refractivity contribution is 0.0771. The molecule has 0 aliphatic carbocycles. The molecule has 32 heavy (non-hydrogen) atoms. The van der Waals surface area contributed by atoms with Crippen molar-refractivity contribution < 1.29 is 14.3 Å². The Labute approximate surface area is 190 Å². The van der Waals surface area contributed by atoms with Gasteiger partial charge in [-0.3, -0.25) is 4.79 Å². The SMILES string of the molecule is COCC1=COc2ccc(C)cc2C(=O)N1CCCCN1CCC(c2ncccn2)CC1. The summed E-state index contributed by atoms with van der Waals surface area (Å²) < 4.78 is 11.1. The smallest absolute Gasteiger partial charge is 0.261 e. The maximum atomic E-state index is 13.3. The minimum atomic E-state index is -0.0202. The number of methoxy groups -OCH3 is 1. The van der Waals surface area contributed by atoms with Crippen molar-refractivity contribution >= 4 is 5.91 Å². The molecule has 7 heteroatoms. The maximum Gasteiger partial charge on any atom is 0.261 e. The molecule has 1 aromatic heterocycles. The van der Waals surface area contributed by atoms with Gasteiger partial charge in [0.25, 0.3) is 5.91 Å². The Bertz CT molecular complexity index is 939. The number of benzene rings is 1. The number of fused-ring (bicyclic) bond motifs is 1. The van der Waals surface area contributed by atoms with E-state index in [0.29, 0.717) is 30.4 Å². The van der Waals surface area contributed by atoms with E-state index in [1.165, 1.54) is 0 Å². The van der Waals surface area contributed by atoms with Crippen LogP contribution in [0.25, 0.3) is 0 Å². The quantitative estimate of drug-likeness (QED) is 0.587. The average molecular weight is 437 g/mol. The summed E-state index contributed by atoms with van der Waals surface area (Å²) in [6.07, 6.45) is 9.48. The highest BCUT2D eigenvalue weighted by atomic mass is 16.5. The second-order valence-electron chi connectivity index (χ2n) is 8.55. The summed E-state index contributed by atoms with van der Waals surface area (Å²) in [6, 6.07) is 7.58. The van der Waals surface area contributed by atoms with Crippen LogP contribution in [0.2, 0.25) is 0 Å². The monoisotopic (exact) mass is 436 g/mol. The molecule has 0 atom stereocenters. The molecule has 2 aromatic rings. The highest BCUT2D eigenvalue weighted by molar-refractivity contribution is 5.98. The van der Waals surface area contributed by atoms with Crippen molar-refractivity contribution in [1.82, 2.24) is 19.8 Å². The zero-order valence-corrected chi connectivity index (χ0v) is 19.0. The second kappa shape index (κ2) is 10.7. The van der Waals surface area contributed by atoms with E-state index in [9.17, 15) is 4.79 Å². The molecule has 4 rings (SSSR count). The normalized spacial score (nSPS) is 17.5. The number of piperidine rings is 1. The molecule has 7 nitrogen and oxygen atoms in total. The van der Waals surface area contributed by atoms with E-state index in [0.717, 1.165) is 62.4 Å². The minimum absolute atomic E-state index is 0.0202. The number of aromatic nitrogens is 2. The van der Waals surface area contributed by atoms with Gasteiger partial charge in [0, 0.05) is 32.0 Å². The van der Waals surface area contributed by atoms with Gasteiger partial charge >= 0.3 is 0 Å². The van der Waals surface area contributed by atoms with Crippen LogP contribution in [0.15, 0.2) is 48.6 Å². The van der Waals surface area contributed by atoms with Crippen molar-refractivity contribution in [3.8, 4) is 5.75 Å². The number of ether oxygens (including phenoxy) is 2. The number of carbonyl (C=O) groups is 1. The lowest BCUT2D eigenvalue weighted by Gasteiger charge is -2.31. The molecule has 0 N–H and O–H groups in total. The van der Waals surface area contributed by atoms with E-state index >= 15 is 0 Å². The fourth-order valence-corrected chi connectivity index (χ4v) is 4.43. The van der Waals surface area contributed by atoms with E-state index in [4.69, 9.17) is 9.47 Å². The summed E-state index contributed by atoms with van der Waals surface area (Å²) in [5.74, 6) is 2.02. The number of nitrogens with zero attached hydrogens (tertiary/aromatic N) is 4. The lowest BCUT2D eigenvalue weighted by Crippen LogP contribution is -2.35. The van der Waals surface area contributed by atoms with Gasteiger partial charge in [-0.1, -0.05) is 11.6 Å². The van der Waals surface area contributed by atoms with Crippen molar-refractivity contribution in [3.63, 3.8) is 0 Å². The molecule has 1 saturated heterocycles. The molecule has 0 radical (unpaired) electrons. The number of rotatable bonds is 8. The molecule has 0 unspecified atom stereocenters. The summed E-state index contributed by atoms with van der Waals surface area (Å²) in [6.45, 7) is 6.16. The number of hydrogen-bond acceptors (Lipinski definition) is 6. The predicted octanol–water partition coefficient (Wildman–Crippen LogP) is 3.77. The minimum Gasteiger partial charge on any atom is -0.462 e. The first-order valence-electron chi connectivity index (χ1n) is 11.4. The van der Waals surface area contributed by atoms with E-state index in [1.54, 1.807) is 13.4 Å². The van der Waals surface area contributed by atoms with Gasteiger partial charge in [-0.2, -0.15) is 0 Å². The van der Waals surface area contributed by atoms with Gasteiger partial charge < -0.3 is 19.3 Å². The van der Waals surface area contributed by atoms with Gasteiger partial charge in [0.1, 0.15) is 17.8 Å². The van der Waals surface area contributed by atoms with Gasteiger partial charge in [0.05, 0.1) is 17.9 Å². The van der Waals surface area contributed by atoms with Crippen LogP contribution in [-0.2, 0) is 4.74 Å². The number of carbonyl (C=O) groups excluding carboxylic acids is 1. The summed E-state index contributed by atoms with van der Waals surface area (Å²) in [5, 5.41) is 0. The molecule has 2 aliphatic rings. The first-order valence-corrected chi connectivity index (χ1v) is 11.4. The Hall–Kier alpha value is -2.77. The molecule has 2 aliphatic heterocycles. The predicted molar refractivity (Wildman–Crippen MR) is 122 cm³/mol. The second-order valence-corrected chi connectivity index (χ2v) is 8.55. The summed E-state index contributed by atoms with van der Waals surface area (Å²) in [4.78, 5) is 26.4. The lowest BCUT2D eigenvalue weighted by atomic mass is 9.96. The Morgan fingerprint density at radius 2 is 1.88 bits per heavy atom. The van der Waals surface area contributed by atoms with Crippen LogP contribution in [0.4, 0.5) is 0 Å². The summed E-state index contributed by atoms with van der Waals surface area (Å²) in [7, 11) is 1.63. The molecule has 0 spiro atoms. The van der Waals surface area contributed by atoms with Crippen LogP contribution in [0.3, 0.4) is 0 Å². The van der Waals surface area contributed by atoms with E-state index in [1.807, 2.05) is 48.5 Å². The topological polar surface area (TPSA) is 67.8 Å². The Morgan fingerprint density at radius 1 is 1.12 bits per heavy atom. The highest BCUT2D eigenvalue weighted by Gasteiger charge is 2.26. The number of hydrogen-bond donors (Lipinski definition) is 0. The van der Waals surface area contributed by atoms with Crippen LogP contribution in [0, 0.1) is 6.92 Å². The molecule has 1 amide bonds. The van der Waals surface area contributed by atoms with Crippen LogP contribution in [0.5, 0.6) is 5.75 Å². The fourth-order valence-electron chi connectivity index (χ4n) is 4.43. The van der Waals surface area contributed by atoms with Gasteiger partial charge in [-0.05, 0) is 70.4 Å². The molecule has 1 fully saturated rings. The highest BCUT2D eigenvalue weighted by Crippen LogP contribution is 2.28. The van der Waals surface area contributed by atoms with Crippen molar-refractivity contribution in [1.29, 1.82) is 0 Å².